The SMILES string of the molecule is CC(C)(Cc1ccccc1)[C@@H](O)CC(=O)c1ccccc1. The number of benzene rings is 2. The van der Waals surface area contributed by atoms with E-state index in [2.05, 4.69) is 0 Å². The Kier molecular flexibility index (Phi) is 4.92. The second kappa shape index (κ2) is 6.68. The first-order valence-corrected chi connectivity index (χ1v) is 7.29. The minimum Gasteiger partial charge on any atom is -0.392 e. The van der Waals surface area contributed by atoms with E-state index in [1.807, 2.05) is 62.4 Å². The maximum atomic E-state index is 12.2. The lowest BCUT2D eigenvalue weighted by Crippen LogP contribution is -2.33. The van der Waals surface area contributed by atoms with E-state index >= 15 is 0 Å². The van der Waals surface area contributed by atoms with E-state index in [4.69, 9.17) is 0 Å². The Balaban J connectivity index is 2.01. The lowest BCUT2D eigenvalue weighted by molar-refractivity contribution is 0.0402. The van der Waals surface area contributed by atoms with Gasteiger partial charge in [-0.15, -0.1) is 0 Å². The predicted octanol–water partition coefficient (Wildman–Crippen LogP) is 3.89. The van der Waals surface area contributed by atoms with E-state index in [-0.39, 0.29) is 17.6 Å². The summed E-state index contributed by atoms with van der Waals surface area (Å²) >= 11 is 0. The summed E-state index contributed by atoms with van der Waals surface area (Å²) in [5, 5.41) is 10.4. The Morgan fingerprint density at radius 1 is 1.00 bits per heavy atom. The molecule has 2 aromatic carbocycles. The van der Waals surface area contributed by atoms with E-state index in [0.717, 1.165) is 6.42 Å². The highest BCUT2D eigenvalue weighted by Gasteiger charge is 2.30. The topological polar surface area (TPSA) is 37.3 Å². The summed E-state index contributed by atoms with van der Waals surface area (Å²) in [5.74, 6) is -0.00997. The van der Waals surface area contributed by atoms with Crippen LogP contribution in [0.3, 0.4) is 0 Å². The summed E-state index contributed by atoms with van der Waals surface area (Å²) in [6, 6.07) is 19.2. The summed E-state index contributed by atoms with van der Waals surface area (Å²) < 4.78 is 0. The first-order chi connectivity index (χ1) is 9.99. The zero-order valence-corrected chi connectivity index (χ0v) is 12.6. The van der Waals surface area contributed by atoms with Crippen LogP contribution in [0.15, 0.2) is 60.7 Å². The fraction of sp³-hybridized carbons (Fsp3) is 0.316. The Bertz CT molecular complexity index is 573. The van der Waals surface area contributed by atoms with Crippen molar-refractivity contribution in [3.63, 3.8) is 0 Å². The van der Waals surface area contributed by atoms with Crippen LogP contribution in [0.25, 0.3) is 0 Å². The van der Waals surface area contributed by atoms with Crippen molar-refractivity contribution in [1.82, 2.24) is 0 Å². The molecule has 1 N–H and O–H groups in total. The minimum absolute atomic E-state index is 0.00997. The van der Waals surface area contributed by atoms with Crippen molar-refractivity contribution in [3.05, 3.63) is 71.8 Å². The maximum absolute atomic E-state index is 12.2. The smallest absolute Gasteiger partial charge is 0.165 e. The van der Waals surface area contributed by atoms with Crippen molar-refractivity contribution in [2.24, 2.45) is 5.41 Å². The number of ketones is 1. The Morgan fingerprint density at radius 3 is 2.10 bits per heavy atom. The molecule has 2 aromatic rings. The van der Waals surface area contributed by atoms with Crippen molar-refractivity contribution >= 4 is 5.78 Å². The van der Waals surface area contributed by atoms with Crippen LogP contribution in [-0.4, -0.2) is 17.0 Å². The molecule has 0 bridgehead atoms. The third-order valence-electron chi connectivity index (χ3n) is 3.88. The van der Waals surface area contributed by atoms with Crippen molar-refractivity contribution in [3.8, 4) is 0 Å². The van der Waals surface area contributed by atoms with E-state index in [0.29, 0.717) is 5.56 Å². The van der Waals surface area contributed by atoms with Gasteiger partial charge in [-0.05, 0) is 17.4 Å². The molecule has 0 aliphatic carbocycles. The van der Waals surface area contributed by atoms with Gasteiger partial charge in [0.2, 0.25) is 0 Å². The van der Waals surface area contributed by atoms with Gasteiger partial charge in [-0.3, -0.25) is 4.79 Å². The van der Waals surface area contributed by atoms with E-state index in [1.54, 1.807) is 12.1 Å². The molecule has 1 atom stereocenters. The number of carbonyl (C=O) groups is 1. The van der Waals surface area contributed by atoms with Crippen molar-refractivity contribution in [1.29, 1.82) is 0 Å². The van der Waals surface area contributed by atoms with Gasteiger partial charge < -0.3 is 5.11 Å². The van der Waals surface area contributed by atoms with Crippen LogP contribution in [0, 0.1) is 5.41 Å². The van der Waals surface area contributed by atoms with E-state index < -0.39 is 6.10 Å². The molecule has 21 heavy (non-hydrogen) atoms. The summed E-state index contributed by atoms with van der Waals surface area (Å²) in [6.07, 6.45) is 0.242. The summed E-state index contributed by atoms with van der Waals surface area (Å²) in [4.78, 5) is 12.2. The third kappa shape index (κ3) is 4.27. The first kappa shape index (κ1) is 15.5. The fourth-order valence-electron chi connectivity index (χ4n) is 2.43. The van der Waals surface area contributed by atoms with Crippen molar-refractivity contribution in [2.45, 2.75) is 32.8 Å². The van der Waals surface area contributed by atoms with Gasteiger partial charge in [0.15, 0.2) is 5.78 Å². The van der Waals surface area contributed by atoms with Crippen LogP contribution >= 0.6 is 0 Å². The first-order valence-electron chi connectivity index (χ1n) is 7.29. The third-order valence-corrected chi connectivity index (χ3v) is 3.88. The van der Waals surface area contributed by atoms with E-state index in [1.165, 1.54) is 5.56 Å². The molecule has 2 nitrogen and oxygen atoms in total. The van der Waals surface area contributed by atoms with Crippen LogP contribution in [-0.2, 0) is 6.42 Å². The molecule has 0 amide bonds. The molecule has 0 saturated heterocycles. The lowest BCUT2D eigenvalue weighted by atomic mass is 9.78. The fourth-order valence-corrected chi connectivity index (χ4v) is 2.43. The van der Waals surface area contributed by atoms with Gasteiger partial charge in [-0.25, -0.2) is 0 Å². The highest BCUT2D eigenvalue weighted by atomic mass is 16.3. The maximum Gasteiger partial charge on any atom is 0.165 e. The molecule has 0 radical (unpaired) electrons. The molecule has 0 aromatic heterocycles. The number of carbonyl (C=O) groups excluding carboxylic acids is 1. The molecule has 0 saturated carbocycles. The standard InChI is InChI=1S/C19H22O2/c1-19(2,14-15-9-5-3-6-10-15)18(21)13-17(20)16-11-7-4-8-12-16/h3-12,18,21H,13-14H2,1-2H3/t18-/m0/s1. The lowest BCUT2D eigenvalue weighted by Gasteiger charge is -2.30. The molecule has 0 heterocycles. The highest BCUT2D eigenvalue weighted by molar-refractivity contribution is 5.96. The zero-order valence-electron chi connectivity index (χ0n) is 12.6. The Morgan fingerprint density at radius 2 is 1.52 bits per heavy atom. The molecule has 0 aliphatic heterocycles. The average molecular weight is 282 g/mol. The molecular weight excluding hydrogens is 260 g/mol. The molecule has 110 valence electrons. The minimum atomic E-state index is -0.662. The molecule has 0 unspecified atom stereocenters. The molecule has 2 rings (SSSR count). The van der Waals surface area contributed by atoms with Gasteiger partial charge >= 0.3 is 0 Å². The molecule has 0 fully saturated rings. The highest BCUT2D eigenvalue weighted by Crippen LogP contribution is 2.28. The normalized spacial score (nSPS) is 12.9. The monoisotopic (exact) mass is 282 g/mol. The van der Waals surface area contributed by atoms with Crippen molar-refractivity contribution in [2.75, 3.05) is 0 Å². The second-order valence-electron chi connectivity index (χ2n) is 6.16. The van der Waals surface area contributed by atoms with Gasteiger partial charge in [0.25, 0.3) is 0 Å². The summed E-state index contributed by atoms with van der Waals surface area (Å²) in [5.41, 5.74) is 1.49. The van der Waals surface area contributed by atoms with Crippen LogP contribution in [0.4, 0.5) is 0 Å². The number of aliphatic hydroxyl groups excluding tert-OH is 1. The zero-order chi connectivity index (χ0) is 15.3. The average Bonchev–Trinajstić information content (AvgIpc) is 2.48. The number of rotatable bonds is 6. The van der Waals surface area contributed by atoms with Crippen LogP contribution in [0.1, 0.15) is 36.2 Å². The van der Waals surface area contributed by atoms with Gasteiger partial charge in [0.1, 0.15) is 0 Å². The molecular formula is C19H22O2. The van der Waals surface area contributed by atoms with Gasteiger partial charge in [0.05, 0.1) is 6.10 Å². The second-order valence-corrected chi connectivity index (χ2v) is 6.16. The van der Waals surface area contributed by atoms with Crippen LogP contribution in [0.2, 0.25) is 0 Å². The predicted molar refractivity (Wildman–Crippen MR) is 85.3 cm³/mol. The Labute approximate surface area is 126 Å². The van der Waals surface area contributed by atoms with Gasteiger partial charge in [0, 0.05) is 12.0 Å². The summed E-state index contributed by atoms with van der Waals surface area (Å²) in [6.45, 7) is 4.01. The largest absolute Gasteiger partial charge is 0.392 e. The quantitative estimate of drug-likeness (QED) is 0.816. The van der Waals surface area contributed by atoms with E-state index in [9.17, 15) is 9.90 Å². The van der Waals surface area contributed by atoms with Crippen LogP contribution in [0.5, 0.6) is 0 Å². The van der Waals surface area contributed by atoms with Gasteiger partial charge in [-0.2, -0.15) is 0 Å². The van der Waals surface area contributed by atoms with Crippen LogP contribution < -0.4 is 0 Å². The number of aliphatic hydroxyl groups is 1. The number of hydrogen-bond donors (Lipinski definition) is 1. The molecule has 0 spiro atoms. The number of Topliss-reactive ketones (excluding diaryl/α,β-unsaturated/α-hetero) is 1. The Hall–Kier alpha value is -1.93. The molecule has 0 aliphatic rings. The van der Waals surface area contributed by atoms with Crippen molar-refractivity contribution < 1.29 is 9.90 Å². The number of hydrogen-bond acceptors (Lipinski definition) is 2. The summed E-state index contributed by atoms with van der Waals surface area (Å²) in [7, 11) is 0. The van der Waals surface area contributed by atoms with Gasteiger partial charge in [-0.1, -0.05) is 74.5 Å². The molecule has 2 heteroatoms.